The van der Waals surface area contributed by atoms with Crippen LogP contribution in [0.3, 0.4) is 0 Å². The summed E-state index contributed by atoms with van der Waals surface area (Å²) < 4.78 is 35.2. The number of nitrogens with one attached hydrogen (secondary N) is 3. The molecule has 18 N–H and O–H groups in total. The molecule has 0 spiro atoms. The van der Waals surface area contributed by atoms with Gasteiger partial charge in [0.1, 0.15) is 73.8 Å². The van der Waals surface area contributed by atoms with E-state index in [1.165, 1.54) is 109 Å². The van der Waals surface area contributed by atoms with Gasteiger partial charge >= 0.3 is 11.9 Å². The minimum atomic E-state index is -3.31. The Morgan fingerprint density at radius 1 is 0.582 bits per heavy atom. The molecule has 0 aromatic carbocycles. The van der Waals surface area contributed by atoms with Crippen LogP contribution in [-0.2, 0) is 52.4 Å². The number of hydrogen-bond donors (Lipinski definition) is 18. The second-order valence-electron chi connectivity index (χ2n) is 27.5. The molecule has 3 heterocycles. The van der Waals surface area contributed by atoms with Crippen molar-refractivity contribution in [2.75, 3.05) is 33.0 Å². The number of ether oxygens (including phenoxy) is 6. The number of unbranched alkanes of at least 4 members (excludes halogenated alkanes) is 26. The van der Waals surface area contributed by atoms with E-state index in [2.05, 4.69) is 36.7 Å². The average molecular weight is 1410 g/mol. The Morgan fingerprint density at radius 2 is 1.05 bits per heavy atom. The number of amides is 3. The lowest BCUT2D eigenvalue weighted by molar-refractivity contribution is -0.365. The monoisotopic (exact) mass is 1410 g/mol. The van der Waals surface area contributed by atoms with Gasteiger partial charge in [-0.2, -0.15) is 0 Å². The lowest BCUT2D eigenvalue weighted by Gasteiger charge is -2.52. The Labute approximate surface area is 578 Å². The summed E-state index contributed by atoms with van der Waals surface area (Å²) in [6.45, 7) is 2.10. The first kappa shape index (κ1) is 88.5. The zero-order chi connectivity index (χ0) is 72.8. The van der Waals surface area contributed by atoms with Crippen molar-refractivity contribution >= 4 is 29.7 Å². The molecular weight excluding hydrogens is 1290 g/mol. The molecule has 0 aromatic rings. The third-order valence-corrected chi connectivity index (χ3v) is 18.7. The molecule has 0 bridgehead atoms. The first-order valence-corrected chi connectivity index (χ1v) is 36.3. The molecule has 0 aliphatic carbocycles. The number of allylic oxidation sites excluding steroid dienone is 1. The number of carboxylic acid groups (broad SMARTS) is 2. The fourth-order valence-electron chi connectivity index (χ4n) is 12.8. The second kappa shape index (κ2) is 48.3. The third kappa shape index (κ3) is 30.7. The van der Waals surface area contributed by atoms with Gasteiger partial charge in [0.25, 0.3) is 11.6 Å². The zero-order valence-electron chi connectivity index (χ0n) is 58.5. The van der Waals surface area contributed by atoms with Crippen LogP contribution in [0.4, 0.5) is 0 Å². The van der Waals surface area contributed by atoms with Crippen molar-refractivity contribution in [2.24, 2.45) is 5.92 Å². The minimum Gasteiger partial charge on any atom is -0.477 e. The van der Waals surface area contributed by atoms with E-state index in [9.17, 15) is 101 Å². The minimum absolute atomic E-state index is 0.119. The summed E-state index contributed by atoms with van der Waals surface area (Å²) in [5, 5.41) is 169. The predicted octanol–water partition coefficient (Wildman–Crippen LogP) is 2.26. The topological polar surface area (TPSA) is 480 Å². The van der Waals surface area contributed by atoms with Crippen molar-refractivity contribution in [3.05, 3.63) is 12.2 Å². The summed E-state index contributed by atoms with van der Waals surface area (Å²) in [7, 11) is 0. The molecule has 29 nitrogen and oxygen atoms in total. The van der Waals surface area contributed by atoms with Crippen molar-refractivity contribution in [1.29, 1.82) is 0 Å². The van der Waals surface area contributed by atoms with Crippen LogP contribution < -0.4 is 16.0 Å². The number of carbonyl (C=O) groups is 5. The summed E-state index contributed by atoms with van der Waals surface area (Å²) in [4.78, 5) is 65.9. The number of carbonyl (C=O) groups excluding carboxylic acids is 3. The molecule has 0 saturated carbocycles. The van der Waals surface area contributed by atoms with Gasteiger partial charge in [-0.1, -0.05) is 206 Å². The van der Waals surface area contributed by atoms with E-state index in [-0.39, 0.29) is 6.42 Å². The molecule has 3 amide bonds. The highest BCUT2D eigenvalue weighted by Crippen LogP contribution is 2.42. The summed E-state index contributed by atoms with van der Waals surface area (Å²) in [6, 6.07) is -5.14. The first-order chi connectivity index (χ1) is 46.7. The van der Waals surface area contributed by atoms with E-state index in [1.54, 1.807) is 6.08 Å². The van der Waals surface area contributed by atoms with Crippen molar-refractivity contribution in [2.45, 2.75) is 355 Å². The van der Waals surface area contributed by atoms with Crippen LogP contribution in [0.1, 0.15) is 233 Å². The Hall–Kier alpha value is -3.67. The molecule has 0 unspecified atom stereocenters. The van der Waals surface area contributed by atoms with Gasteiger partial charge in [-0.05, 0) is 25.2 Å². The molecule has 572 valence electrons. The van der Waals surface area contributed by atoms with E-state index in [4.69, 9.17) is 28.4 Å². The number of carboxylic acids is 2. The molecule has 0 aromatic heterocycles. The molecule has 3 saturated heterocycles. The smallest absolute Gasteiger partial charge is 0.364 e. The van der Waals surface area contributed by atoms with E-state index in [0.29, 0.717) is 18.8 Å². The van der Waals surface area contributed by atoms with E-state index in [0.717, 1.165) is 77.6 Å². The van der Waals surface area contributed by atoms with Crippen molar-refractivity contribution < 1.29 is 129 Å². The van der Waals surface area contributed by atoms with Crippen molar-refractivity contribution in [3.8, 4) is 0 Å². The normalized spacial score (nSPS) is 28.2. The zero-order valence-corrected chi connectivity index (χ0v) is 58.5. The molecule has 3 fully saturated rings. The van der Waals surface area contributed by atoms with Gasteiger partial charge in [0.2, 0.25) is 17.7 Å². The number of aliphatic hydroxyl groups is 13. The lowest BCUT2D eigenvalue weighted by atomic mass is 9.86. The second-order valence-corrected chi connectivity index (χ2v) is 27.5. The molecule has 3 aliphatic rings. The molecule has 3 rings (SSSR count). The lowest BCUT2D eigenvalue weighted by Crippen LogP contribution is -2.72. The van der Waals surface area contributed by atoms with E-state index < -0.39 is 197 Å². The fraction of sp³-hybridized carbons (Fsp3) is 0.899. The summed E-state index contributed by atoms with van der Waals surface area (Å²) in [5.41, 5.74) is 0. The van der Waals surface area contributed by atoms with Crippen LogP contribution in [0, 0.1) is 5.92 Å². The highest BCUT2D eigenvalue weighted by molar-refractivity contribution is 5.81. The number of aliphatic hydroxyl groups excluding tert-OH is 13. The summed E-state index contributed by atoms with van der Waals surface area (Å²) in [6.07, 6.45) is 2.87. The van der Waals surface area contributed by atoms with Crippen LogP contribution in [0.15, 0.2) is 12.2 Å². The van der Waals surface area contributed by atoms with Crippen molar-refractivity contribution in [1.82, 2.24) is 16.0 Å². The molecule has 20 atom stereocenters. The number of hydrogen-bond acceptors (Lipinski definition) is 24. The molecule has 29 heteroatoms. The SMILES string of the molecule is CCCCCCCCCCCCCCCCCCCCCCC[C@@H](O)C(=O)N[C@@H](CO[C@@H]1O[C@H](CO[C@]2(C(=O)O)C[C@H](O[C@]3(C(=O)O)C[C@H](O)[C@@H](NC(=O)CO)[C@H]([C@H](O)[C@H](O)CO)O3)[C@@H](NC(C)=O)[C@H]([C@H](O)[C@H](O)CO)O2)[C@@H](O)[C@H](O)[C@H]1O)[C@H](O)/C=C/CCCCCCCCC(C)C. The van der Waals surface area contributed by atoms with Gasteiger partial charge in [-0.3, -0.25) is 14.4 Å². The summed E-state index contributed by atoms with van der Waals surface area (Å²) in [5.74, 6) is -13.2. The fourth-order valence-corrected chi connectivity index (χ4v) is 12.8. The molecule has 3 aliphatic heterocycles. The van der Waals surface area contributed by atoms with Crippen molar-refractivity contribution in [3.63, 3.8) is 0 Å². The highest BCUT2D eigenvalue weighted by Gasteiger charge is 2.63. The van der Waals surface area contributed by atoms with Gasteiger partial charge in [-0.25, -0.2) is 9.59 Å². The van der Waals surface area contributed by atoms with Gasteiger partial charge in [0, 0.05) is 19.8 Å². The molecule has 0 radical (unpaired) electrons. The van der Waals surface area contributed by atoms with Crippen LogP contribution in [0.2, 0.25) is 0 Å². The Morgan fingerprint density at radius 3 is 1.52 bits per heavy atom. The van der Waals surface area contributed by atoms with Gasteiger partial charge in [-0.15, -0.1) is 0 Å². The highest BCUT2D eigenvalue weighted by atomic mass is 16.8. The van der Waals surface area contributed by atoms with E-state index in [1.807, 2.05) is 0 Å². The Kier molecular flexibility index (Phi) is 43.7. The van der Waals surface area contributed by atoms with Crippen LogP contribution in [0.5, 0.6) is 0 Å². The quantitative estimate of drug-likeness (QED) is 0.0307. The standard InChI is InChI=1S/C69H125N3O26/c1-5-6-7-8-9-10-11-12-13-14-15-16-17-18-19-20-21-22-27-30-33-36-48(78)64(88)71-46(47(77)35-32-29-26-24-23-25-28-31-34-44(2)3)42-93-65-61(87)60(86)59(85)53(95-65)43-94-68(66(89)90)38-52(56(70-45(4)76)63(97-68)58(84)51(81)40-74)96-69(67(91)92)37-49(79)55(72-54(82)41-75)62(98-69)57(83)50(80)39-73/h32,35,44,46-53,55-63,65,73-75,77-81,83-87H,5-31,33-34,36-43H2,1-4H3,(H,70,76)(H,71,88)(H,72,82)(H,89,90)(H,91,92)/b35-32+/t46-,47+,48+,49-,50+,51+,52-,53+,55+,56+,57+,58+,59+,60-,61+,62+,63+,65+,68+,69+/m0/s1. The maximum atomic E-state index is 13.6. The molecule has 98 heavy (non-hydrogen) atoms. The average Bonchev–Trinajstić information content (AvgIpc) is 0.746. The van der Waals surface area contributed by atoms with Gasteiger partial charge in [0.15, 0.2) is 6.29 Å². The molecular formula is C69H125N3O26. The van der Waals surface area contributed by atoms with Crippen LogP contribution >= 0.6 is 0 Å². The van der Waals surface area contributed by atoms with Crippen LogP contribution in [-0.4, -0.2) is 261 Å². The Balaban J connectivity index is 1.78. The number of aliphatic carboxylic acids is 2. The first-order valence-electron chi connectivity index (χ1n) is 36.3. The largest absolute Gasteiger partial charge is 0.477 e. The van der Waals surface area contributed by atoms with E-state index >= 15 is 0 Å². The van der Waals surface area contributed by atoms with Gasteiger partial charge in [0.05, 0.1) is 62.9 Å². The maximum absolute atomic E-state index is 13.6. The number of rotatable bonds is 54. The predicted molar refractivity (Wildman–Crippen MR) is 356 cm³/mol. The van der Waals surface area contributed by atoms with Crippen LogP contribution in [0.25, 0.3) is 0 Å². The summed E-state index contributed by atoms with van der Waals surface area (Å²) >= 11 is 0. The third-order valence-electron chi connectivity index (χ3n) is 18.7. The Bertz CT molecular complexity index is 2240. The van der Waals surface area contributed by atoms with Gasteiger partial charge < -0.3 is 121 Å². The maximum Gasteiger partial charge on any atom is 0.364 e.